The summed E-state index contributed by atoms with van der Waals surface area (Å²) >= 11 is 0. The van der Waals surface area contributed by atoms with E-state index >= 15 is 0 Å². The number of ether oxygens (including phenoxy) is 2. The first kappa shape index (κ1) is 30.0. The van der Waals surface area contributed by atoms with Gasteiger partial charge in [-0.15, -0.1) is 0 Å². The minimum atomic E-state index is -0.775. The largest absolute Gasteiger partial charge is 0.504 e. The Bertz CT molecular complexity index is 1280. The van der Waals surface area contributed by atoms with Crippen LogP contribution in [0.25, 0.3) is 17.2 Å². The molecule has 0 unspecified atom stereocenters. The Morgan fingerprint density at radius 2 is 1.51 bits per heavy atom. The summed E-state index contributed by atoms with van der Waals surface area (Å²) in [6.07, 6.45) is 7.19. The highest BCUT2D eigenvalue weighted by Gasteiger charge is 2.31. The Morgan fingerprint density at radius 3 is 2.05 bits per heavy atom. The maximum Gasteiger partial charge on any atom is 0.293 e. The fourth-order valence-electron chi connectivity index (χ4n) is 5.35. The van der Waals surface area contributed by atoms with E-state index in [1.165, 1.54) is 23.8 Å². The third-order valence-corrected chi connectivity index (χ3v) is 8.25. The van der Waals surface area contributed by atoms with Crippen LogP contribution in [0, 0.1) is 6.92 Å². The number of rotatable bonds is 13. The second-order valence-electron chi connectivity index (χ2n) is 10.2. The monoisotopic (exact) mass is 530 g/mol. The summed E-state index contributed by atoms with van der Waals surface area (Å²) in [5.74, 6) is 0.383. The van der Waals surface area contributed by atoms with Crippen molar-refractivity contribution in [1.29, 1.82) is 0 Å². The molecule has 0 atom stereocenters. The van der Waals surface area contributed by atoms with Gasteiger partial charge in [0, 0.05) is 11.0 Å². The van der Waals surface area contributed by atoms with E-state index in [1.807, 2.05) is 44.2 Å². The molecule has 3 aromatic rings. The van der Waals surface area contributed by atoms with Gasteiger partial charge in [0.15, 0.2) is 11.5 Å². The van der Waals surface area contributed by atoms with Crippen LogP contribution in [0.5, 0.6) is 11.5 Å². The summed E-state index contributed by atoms with van der Waals surface area (Å²) in [4.78, 5) is 10.7. The first-order valence-electron chi connectivity index (χ1n) is 13.8. The fourth-order valence-corrected chi connectivity index (χ4v) is 5.35. The molecule has 208 valence electrons. The van der Waals surface area contributed by atoms with Crippen molar-refractivity contribution in [2.45, 2.75) is 77.9 Å². The van der Waals surface area contributed by atoms with Crippen LogP contribution in [0.15, 0.2) is 60.7 Å². The highest BCUT2D eigenvalue weighted by molar-refractivity contribution is 5.75. The smallest absolute Gasteiger partial charge is 0.293 e. The molecule has 0 saturated heterocycles. The van der Waals surface area contributed by atoms with E-state index in [1.54, 1.807) is 6.07 Å². The van der Waals surface area contributed by atoms with Crippen molar-refractivity contribution in [3.63, 3.8) is 0 Å². The van der Waals surface area contributed by atoms with Gasteiger partial charge in [-0.1, -0.05) is 82.3 Å². The van der Waals surface area contributed by atoms with Gasteiger partial charge in [-0.3, -0.25) is 4.79 Å². The predicted octanol–water partition coefficient (Wildman–Crippen LogP) is 7.72. The van der Waals surface area contributed by atoms with Gasteiger partial charge in [-0.2, -0.15) is 0 Å². The summed E-state index contributed by atoms with van der Waals surface area (Å²) < 4.78 is 10.3. The zero-order valence-electron chi connectivity index (χ0n) is 24.1. The summed E-state index contributed by atoms with van der Waals surface area (Å²) in [5, 5.41) is 21.5. The standard InChI is InChI=1S/C34H42O5/c1-7-33(37,8-2)18-17-26-11-16-29(19-24(26)5)34(9-3,10-4)28-14-12-27(13-15-28)30-20-25(22-39-23-35)21-31(38-6)32(30)36/h11-21,23,36-37H,7-10,22H2,1-6H3/b18-17+. The third-order valence-electron chi connectivity index (χ3n) is 8.25. The van der Waals surface area contributed by atoms with E-state index in [2.05, 4.69) is 51.1 Å². The van der Waals surface area contributed by atoms with Crippen LogP contribution in [0.3, 0.4) is 0 Å². The molecule has 0 aliphatic carbocycles. The number of aryl methyl sites for hydroxylation is 1. The number of hydrogen-bond acceptors (Lipinski definition) is 5. The molecular weight excluding hydrogens is 488 g/mol. The van der Waals surface area contributed by atoms with Gasteiger partial charge in [0.25, 0.3) is 6.47 Å². The maximum absolute atomic E-state index is 10.8. The number of benzene rings is 3. The van der Waals surface area contributed by atoms with Crippen LogP contribution in [0.4, 0.5) is 0 Å². The molecule has 0 spiro atoms. The summed E-state index contributed by atoms with van der Waals surface area (Å²) in [6.45, 7) is 11.1. The molecule has 0 amide bonds. The van der Waals surface area contributed by atoms with Gasteiger partial charge < -0.3 is 19.7 Å². The molecule has 5 heteroatoms. The number of aromatic hydroxyl groups is 1. The average molecular weight is 531 g/mol. The van der Waals surface area contributed by atoms with Crippen molar-refractivity contribution >= 4 is 12.5 Å². The van der Waals surface area contributed by atoms with Gasteiger partial charge in [0.2, 0.25) is 0 Å². The fraction of sp³-hybridized carbons (Fsp3) is 0.382. The first-order valence-corrected chi connectivity index (χ1v) is 13.8. The lowest BCUT2D eigenvalue weighted by molar-refractivity contribution is -0.129. The lowest BCUT2D eigenvalue weighted by Gasteiger charge is -2.34. The highest BCUT2D eigenvalue weighted by atomic mass is 16.5. The number of methoxy groups -OCH3 is 1. The molecule has 0 bridgehead atoms. The molecule has 3 aromatic carbocycles. The predicted molar refractivity (Wildman–Crippen MR) is 158 cm³/mol. The van der Waals surface area contributed by atoms with Gasteiger partial charge >= 0.3 is 0 Å². The Balaban J connectivity index is 2.00. The van der Waals surface area contributed by atoms with Gasteiger partial charge in [-0.25, -0.2) is 0 Å². The number of carbonyl (C=O) groups is 1. The van der Waals surface area contributed by atoms with Gasteiger partial charge in [0.1, 0.15) is 6.61 Å². The molecule has 5 nitrogen and oxygen atoms in total. The summed E-state index contributed by atoms with van der Waals surface area (Å²) in [6, 6.07) is 18.4. The van der Waals surface area contributed by atoms with Crippen LogP contribution in [-0.4, -0.2) is 29.4 Å². The van der Waals surface area contributed by atoms with E-state index in [0.29, 0.717) is 30.6 Å². The Labute approximate surface area is 233 Å². The topological polar surface area (TPSA) is 76.0 Å². The molecule has 39 heavy (non-hydrogen) atoms. The van der Waals surface area contributed by atoms with Crippen LogP contribution in [0.1, 0.15) is 81.2 Å². The SMILES string of the molecule is CCC(O)(/C=C/c1ccc(C(CC)(CC)c2ccc(-c3cc(COC=O)cc(OC)c3O)cc2)cc1C)CC. The number of phenols is 1. The van der Waals surface area contributed by atoms with E-state index < -0.39 is 5.60 Å². The summed E-state index contributed by atoms with van der Waals surface area (Å²) in [5.41, 5.74) is 6.00. The van der Waals surface area contributed by atoms with Crippen molar-refractivity contribution in [2.75, 3.05) is 7.11 Å². The lowest BCUT2D eigenvalue weighted by Crippen LogP contribution is -2.26. The van der Waals surface area contributed by atoms with Crippen molar-refractivity contribution in [3.8, 4) is 22.6 Å². The Hall–Kier alpha value is -3.57. The second-order valence-corrected chi connectivity index (χ2v) is 10.2. The van der Waals surface area contributed by atoms with Gasteiger partial charge in [-0.05, 0) is 78.1 Å². The normalized spacial score (nSPS) is 12.1. The molecule has 0 heterocycles. The molecule has 0 fully saturated rings. The molecule has 0 radical (unpaired) electrons. The number of hydrogen-bond donors (Lipinski definition) is 2. The van der Waals surface area contributed by atoms with Crippen LogP contribution in [-0.2, 0) is 21.6 Å². The average Bonchev–Trinajstić information content (AvgIpc) is 2.97. The Kier molecular flexibility index (Phi) is 9.98. The van der Waals surface area contributed by atoms with E-state index in [9.17, 15) is 15.0 Å². The molecule has 3 rings (SSSR count). The van der Waals surface area contributed by atoms with Crippen molar-refractivity contribution in [3.05, 3.63) is 88.5 Å². The first-order chi connectivity index (χ1) is 18.7. The minimum absolute atomic E-state index is 0.0506. The summed E-state index contributed by atoms with van der Waals surface area (Å²) in [7, 11) is 1.50. The molecular formula is C34H42O5. The van der Waals surface area contributed by atoms with Crippen molar-refractivity contribution < 1.29 is 24.5 Å². The highest BCUT2D eigenvalue weighted by Crippen LogP contribution is 2.42. The van der Waals surface area contributed by atoms with Crippen molar-refractivity contribution in [2.24, 2.45) is 0 Å². The zero-order chi connectivity index (χ0) is 28.6. The zero-order valence-corrected chi connectivity index (χ0v) is 24.1. The van der Waals surface area contributed by atoms with Crippen LogP contribution in [0.2, 0.25) is 0 Å². The third kappa shape index (κ3) is 6.36. The minimum Gasteiger partial charge on any atom is -0.504 e. The van der Waals surface area contributed by atoms with E-state index in [4.69, 9.17) is 9.47 Å². The molecule has 0 saturated carbocycles. The van der Waals surface area contributed by atoms with Crippen molar-refractivity contribution in [1.82, 2.24) is 0 Å². The van der Waals surface area contributed by atoms with Crippen LogP contribution < -0.4 is 4.74 Å². The molecule has 0 aromatic heterocycles. The number of phenolic OH excluding ortho intramolecular Hbond substituents is 1. The molecule has 0 aliphatic heterocycles. The van der Waals surface area contributed by atoms with Gasteiger partial charge in [0.05, 0.1) is 12.7 Å². The Morgan fingerprint density at radius 1 is 0.872 bits per heavy atom. The number of aliphatic hydroxyl groups is 1. The molecule has 2 N–H and O–H groups in total. The maximum atomic E-state index is 10.8. The lowest BCUT2D eigenvalue weighted by atomic mass is 9.70. The quantitative estimate of drug-likeness (QED) is 0.221. The number of carbonyl (C=O) groups excluding carboxylic acids is 1. The van der Waals surface area contributed by atoms with Crippen LogP contribution >= 0.6 is 0 Å². The van der Waals surface area contributed by atoms with E-state index in [0.717, 1.165) is 29.5 Å². The van der Waals surface area contributed by atoms with E-state index in [-0.39, 0.29) is 17.8 Å². The molecule has 0 aliphatic rings. The second kappa shape index (κ2) is 13.0.